The number of nitrogens with two attached hydrogens (primary N) is 1. The van der Waals surface area contributed by atoms with Crippen LogP contribution in [-0.2, 0) is 6.42 Å². The van der Waals surface area contributed by atoms with Crippen LogP contribution < -0.4 is 5.73 Å². The first-order chi connectivity index (χ1) is 11.8. The maximum absolute atomic E-state index is 5.81. The maximum atomic E-state index is 5.81. The molecule has 0 saturated carbocycles. The Morgan fingerprint density at radius 2 is 1.08 bits per heavy atom. The van der Waals surface area contributed by atoms with Crippen LogP contribution in [0.15, 0.2) is 24.3 Å². The minimum Gasteiger partial charge on any atom is -0.399 e. The molecule has 0 heterocycles. The van der Waals surface area contributed by atoms with E-state index < -0.39 is 0 Å². The van der Waals surface area contributed by atoms with Crippen molar-refractivity contribution in [1.82, 2.24) is 0 Å². The molecule has 1 heteroatoms. The Labute approximate surface area is 151 Å². The highest BCUT2D eigenvalue weighted by atomic mass is 14.5. The van der Waals surface area contributed by atoms with Crippen LogP contribution in [-0.4, -0.2) is 0 Å². The first-order valence-corrected chi connectivity index (χ1v) is 10.7. The molecule has 0 aliphatic heterocycles. The molecule has 0 unspecified atom stereocenters. The molecule has 1 nitrogen and oxygen atoms in total. The van der Waals surface area contributed by atoms with Gasteiger partial charge in [0.2, 0.25) is 0 Å². The lowest BCUT2D eigenvalue weighted by molar-refractivity contribution is 0.532. The zero-order valence-electron chi connectivity index (χ0n) is 16.2. The lowest BCUT2D eigenvalue weighted by atomic mass is 10.0. The van der Waals surface area contributed by atoms with E-state index in [0.29, 0.717) is 0 Å². The van der Waals surface area contributed by atoms with E-state index in [4.69, 9.17) is 5.73 Å². The van der Waals surface area contributed by atoms with E-state index in [1.807, 2.05) is 6.07 Å². The van der Waals surface area contributed by atoms with E-state index in [1.165, 1.54) is 108 Å². The van der Waals surface area contributed by atoms with E-state index >= 15 is 0 Å². The Kier molecular flexibility index (Phi) is 13.6. The van der Waals surface area contributed by atoms with Crippen molar-refractivity contribution in [2.45, 2.75) is 110 Å². The van der Waals surface area contributed by atoms with Crippen LogP contribution in [0.4, 0.5) is 5.69 Å². The molecule has 138 valence electrons. The number of hydrogen-bond donors (Lipinski definition) is 1. The summed E-state index contributed by atoms with van der Waals surface area (Å²) >= 11 is 0. The average Bonchev–Trinajstić information content (AvgIpc) is 2.58. The van der Waals surface area contributed by atoms with Crippen molar-refractivity contribution >= 4 is 5.69 Å². The average molecular weight is 332 g/mol. The highest BCUT2D eigenvalue weighted by Crippen LogP contribution is 2.15. The molecule has 0 saturated heterocycles. The van der Waals surface area contributed by atoms with Crippen LogP contribution in [0.1, 0.15) is 109 Å². The van der Waals surface area contributed by atoms with Crippen LogP contribution in [0.5, 0.6) is 0 Å². The Balaban J connectivity index is 1.76. The van der Waals surface area contributed by atoms with Gasteiger partial charge < -0.3 is 5.73 Å². The quantitative estimate of drug-likeness (QED) is 0.244. The van der Waals surface area contributed by atoms with Crippen molar-refractivity contribution < 1.29 is 0 Å². The van der Waals surface area contributed by atoms with Gasteiger partial charge in [-0.3, -0.25) is 0 Å². The number of hydrogen-bond acceptors (Lipinski definition) is 1. The second-order valence-corrected chi connectivity index (χ2v) is 7.44. The third-order valence-corrected chi connectivity index (χ3v) is 5.02. The van der Waals surface area contributed by atoms with E-state index in [-0.39, 0.29) is 0 Å². The van der Waals surface area contributed by atoms with E-state index in [1.54, 1.807) is 0 Å². The molecule has 24 heavy (non-hydrogen) atoms. The van der Waals surface area contributed by atoms with Crippen molar-refractivity contribution in [2.24, 2.45) is 0 Å². The molecule has 1 aromatic carbocycles. The zero-order chi connectivity index (χ0) is 17.3. The summed E-state index contributed by atoms with van der Waals surface area (Å²) in [4.78, 5) is 0. The van der Waals surface area contributed by atoms with E-state index in [9.17, 15) is 0 Å². The number of benzene rings is 1. The fraction of sp³-hybridized carbons (Fsp3) is 0.739. The number of anilines is 1. The standard InChI is InChI=1S/C23H41N/c1-2-3-4-5-6-7-8-9-10-11-12-13-14-15-16-18-22-19-17-20-23(24)21-22/h17,19-21H,2-16,18,24H2,1H3. The number of unbranched alkanes of at least 4 members (excludes halogenated alkanes) is 14. The van der Waals surface area contributed by atoms with Crippen LogP contribution in [0.2, 0.25) is 0 Å². The van der Waals surface area contributed by atoms with Gasteiger partial charge in [0.1, 0.15) is 0 Å². The molecule has 2 N–H and O–H groups in total. The molecule has 0 aromatic heterocycles. The van der Waals surface area contributed by atoms with Crippen LogP contribution in [0, 0.1) is 0 Å². The first-order valence-electron chi connectivity index (χ1n) is 10.7. The summed E-state index contributed by atoms with van der Waals surface area (Å²) in [5.74, 6) is 0. The molecule has 0 radical (unpaired) electrons. The van der Waals surface area contributed by atoms with E-state index in [0.717, 1.165) is 5.69 Å². The number of rotatable bonds is 16. The molecular weight excluding hydrogens is 290 g/mol. The molecule has 0 spiro atoms. The monoisotopic (exact) mass is 331 g/mol. The highest BCUT2D eigenvalue weighted by Gasteiger charge is 1.96. The second-order valence-electron chi connectivity index (χ2n) is 7.44. The number of nitrogen functional groups attached to an aromatic ring is 1. The van der Waals surface area contributed by atoms with Gasteiger partial charge in [-0.15, -0.1) is 0 Å². The largest absolute Gasteiger partial charge is 0.399 e. The molecule has 0 aliphatic rings. The number of aryl methyl sites for hydroxylation is 1. The third-order valence-electron chi connectivity index (χ3n) is 5.02. The van der Waals surface area contributed by atoms with Crippen molar-refractivity contribution in [1.29, 1.82) is 0 Å². The van der Waals surface area contributed by atoms with Gasteiger partial charge in [-0.1, -0.05) is 109 Å². The predicted octanol–water partition coefficient (Wildman–Crippen LogP) is 7.68. The van der Waals surface area contributed by atoms with Gasteiger partial charge in [0.15, 0.2) is 0 Å². The SMILES string of the molecule is CCCCCCCCCCCCCCCCCc1cccc(N)c1. The molecule has 0 amide bonds. The lowest BCUT2D eigenvalue weighted by Gasteiger charge is -2.04. The fourth-order valence-corrected chi connectivity index (χ4v) is 3.45. The Hall–Kier alpha value is -0.980. The smallest absolute Gasteiger partial charge is 0.0316 e. The minimum absolute atomic E-state index is 0.897. The van der Waals surface area contributed by atoms with Gasteiger partial charge >= 0.3 is 0 Å². The van der Waals surface area contributed by atoms with Crippen molar-refractivity contribution in [2.75, 3.05) is 5.73 Å². The van der Waals surface area contributed by atoms with Gasteiger partial charge in [-0.25, -0.2) is 0 Å². The summed E-state index contributed by atoms with van der Waals surface area (Å²) < 4.78 is 0. The minimum atomic E-state index is 0.897. The van der Waals surface area contributed by atoms with Gasteiger partial charge in [0.25, 0.3) is 0 Å². The van der Waals surface area contributed by atoms with Crippen LogP contribution in [0.3, 0.4) is 0 Å². The molecular formula is C23H41N. The van der Waals surface area contributed by atoms with Gasteiger partial charge in [0.05, 0.1) is 0 Å². The highest BCUT2D eigenvalue weighted by molar-refractivity contribution is 5.40. The fourth-order valence-electron chi connectivity index (χ4n) is 3.45. The second kappa shape index (κ2) is 15.5. The van der Waals surface area contributed by atoms with E-state index in [2.05, 4.69) is 25.1 Å². The predicted molar refractivity (Wildman–Crippen MR) is 109 cm³/mol. The maximum Gasteiger partial charge on any atom is 0.0316 e. The first kappa shape index (κ1) is 21.1. The van der Waals surface area contributed by atoms with Gasteiger partial charge in [-0.05, 0) is 30.5 Å². The molecule has 0 bridgehead atoms. The van der Waals surface area contributed by atoms with Crippen molar-refractivity contribution in [3.63, 3.8) is 0 Å². The molecule has 0 aliphatic carbocycles. The summed E-state index contributed by atoms with van der Waals surface area (Å²) in [6.45, 7) is 2.29. The van der Waals surface area contributed by atoms with Crippen LogP contribution >= 0.6 is 0 Å². The molecule has 0 atom stereocenters. The molecule has 0 fully saturated rings. The Morgan fingerprint density at radius 3 is 1.54 bits per heavy atom. The Bertz CT molecular complexity index is 385. The lowest BCUT2D eigenvalue weighted by Crippen LogP contribution is -1.89. The van der Waals surface area contributed by atoms with Gasteiger partial charge in [0, 0.05) is 5.69 Å². The summed E-state index contributed by atoms with van der Waals surface area (Å²) in [5.41, 5.74) is 8.10. The van der Waals surface area contributed by atoms with Gasteiger partial charge in [-0.2, -0.15) is 0 Å². The van der Waals surface area contributed by atoms with Crippen molar-refractivity contribution in [3.8, 4) is 0 Å². The summed E-state index contributed by atoms with van der Waals surface area (Å²) in [7, 11) is 0. The molecule has 1 rings (SSSR count). The normalized spacial score (nSPS) is 11.0. The Morgan fingerprint density at radius 1 is 0.625 bits per heavy atom. The summed E-state index contributed by atoms with van der Waals surface area (Å²) in [5, 5.41) is 0. The summed E-state index contributed by atoms with van der Waals surface area (Å²) in [6, 6.07) is 8.34. The molecule has 1 aromatic rings. The van der Waals surface area contributed by atoms with Crippen molar-refractivity contribution in [3.05, 3.63) is 29.8 Å². The van der Waals surface area contributed by atoms with Crippen LogP contribution in [0.25, 0.3) is 0 Å². The summed E-state index contributed by atoms with van der Waals surface area (Å²) in [6.07, 6.45) is 22.6. The third kappa shape index (κ3) is 12.4. The zero-order valence-corrected chi connectivity index (χ0v) is 16.2. The topological polar surface area (TPSA) is 26.0 Å².